The molecule has 1 fully saturated rings. The molecule has 16 heterocycles. The number of nitrogens with one attached hydrogen (secondary N) is 2. The highest BCUT2D eigenvalue weighted by Crippen LogP contribution is 2.44. The number of ketones is 1. The van der Waals surface area contributed by atoms with Crippen molar-refractivity contribution in [3.63, 3.8) is 0 Å². The standard InChI is InChI=1S/C30H29N5O2.C28H27N5O2.C28H26N4O3.C28H26N4O2/c1-18-29(20(3)37-34-18)23-15-27-30(32-16-23)25(17-35(27)19(2)26-6-4-5-13-31-26)22-9-11-24(12-10-22)33-28(36)14-21-7-8-21;1-5-26(34)31-22-11-9-20(10-12-22)23-16-33(18(3)24-8-6-7-13-29-24)25-14-21(15-30-28(23)25)27-17(2)32-35-19(27)4;1-17-27(19(3)35-31-17)22-14-25-28(30-15-22)23(16-32(25)18(2)24-7-5-6-12-29-24)21-10-8-20(9-11-21)13-26(33)34-4;1-17(33)13-21-8-10-22(11-9-21)24-16-32(19(3)25-7-5-6-12-29-25)26-14-23(15-30-28(24)26)27-18(2)31-34-20(27)4/h4-6,9-13,15-17,19,21H,7-8,14H2,1-3H3,(H,33,36);6-16,18H,5H2,1-4H3,(H,31,34);5-12,14-16,18H,13H2,1-4H3;5-12,14-16,19H,13H2,1-4H3/t19-;2*18-;19-/m0000/s1. The molecular weight excluding hydrogens is 1770 g/mol. The lowest BCUT2D eigenvalue weighted by atomic mass is 10.0. The number of benzene rings is 4. The van der Waals surface area contributed by atoms with Gasteiger partial charge in [-0.15, -0.1) is 0 Å². The minimum atomic E-state index is -0.257. The van der Waals surface area contributed by atoms with E-state index in [9.17, 15) is 19.2 Å². The molecule has 27 heteroatoms. The first-order valence-electron chi connectivity index (χ1n) is 47.3. The molecule has 0 unspecified atom stereocenters. The molecule has 0 radical (unpaired) electrons. The van der Waals surface area contributed by atoms with Gasteiger partial charge in [0.1, 0.15) is 28.8 Å². The van der Waals surface area contributed by atoms with Crippen molar-refractivity contribution in [3.05, 3.63) is 348 Å². The van der Waals surface area contributed by atoms with E-state index in [0.717, 1.165) is 237 Å². The smallest absolute Gasteiger partial charge is 0.309 e. The third-order valence-electron chi connectivity index (χ3n) is 26.1. The minimum Gasteiger partial charge on any atom is -0.469 e. The first kappa shape index (κ1) is 94.5. The number of aryl methyl sites for hydroxylation is 8. The zero-order chi connectivity index (χ0) is 98.4. The predicted octanol–water partition coefficient (Wildman–Crippen LogP) is 24.9. The van der Waals surface area contributed by atoms with E-state index in [1.165, 1.54) is 7.11 Å². The van der Waals surface area contributed by atoms with Crippen LogP contribution in [0, 0.1) is 61.3 Å². The highest BCUT2D eigenvalue weighted by atomic mass is 16.5. The summed E-state index contributed by atoms with van der Waals surface area (Å²) in [7, 11) is 1.40. The Morgan fingerprint density at radius 1 is 0.362 bits per heavy atom. The van der Waals surface area contributed by atoms with Crippen LogP contribution in [0.3, 0.4) is 0 Å². The van der Waals surface area contributed by atoms with Gasteiger partial charge in [-0.25, -0.2) is 0 Å². The number of carbonyl (C=O) groups excluding carboxylic acids is 4. The summed E-state index contributed by atoms with van der Waals surface area (Å²) in [6, 6.07) is 64.4. The van der Waals surface area contributed by atoms with Crippen molar-refractivity contribution in [3.8, 4) is 89.0 Å². The summed E-state index contributed by atoms with van der Waals surface area (Å²) in [5.74, 6) is 3.62. The molecule has 1 aliphatic rings. The van der Waals surface area contributed by atoms with Crippen molar-refractivity contribution < 1.29 is 42.0 Å². The molecule has 2 amide bonds. The number of hydrogen-bond donors (Lipinski definition) is 2. The Hall–Kier alpha value is -16.8. The van der Waals surface area contributed by atoms with Crippen LogP contribution in [-0.4, -0.2) is 109 Å². The van der Waals surface area contributed by atoms with Crippen molar-refractivity contribution >= 4 is 79.1 Å². The number of amides is 2. The number of anilines is 2. The lowest BCUT2D eigenvalue weighted by molar-refractivity contribution is -0.139. The van der Waals surface area contributed by atoms with Crippen LogP contribution < -0.4 is 10.6 Å². The molecule has 27 nitrogen and oxygen atoms in total. The van der Waals surface area contributed by atoms with E-state index in [1.807, 2.05) is 270 Å². The molecule has 20 aromatic rings. The maximum atomic E-state index is 12.2. The number of aromatic nitrogens is 16. The Bertz CT molecular complexity index is 7620. The van der Waals surface area contributed by atoms with Crippen molar-refractivity contribution in [2.45, 2.75) is 160 Å². The number of rotatable bonds is 25. The number of hydrogen-bond acceptors (Lipinski definition) is 21. The van der Waals surface area contributed by atoms with Crippen LogP contribution >= 0.6 is 0 Å². The molecule has 4 aromatic carbocycles. The molecule has 2 N–H and O–H groups in total. The van der Waals surface area contributed by atoms with Gasteiger partial charge < -0.3 is 51.7 Å². The molecule has 1 saturated carbocycles. The molecule has 708 valence electrons. The van der Waals surface area contributed by atoms with Gasteiger partial charge in [0.05, 0.1) is 127 Å². The van der Waals surface area contributed by atoms with Crippen molar-refractivity contribution in [2.75, 3.05) is 17.7 Å². The number of esters is 1. The predicted molar refractivity (Wildman–Crippen MR) is 548 cm³/mol. The summed E-state index contributed by atoms with van der Waals surface area (Å²) in [4.78, 5) is 85.1. The second-order valence-corrected chi connectivity index (χ2v) is 36.0. The Morgan fingerprint density at radius 2 is 0.638 bits per heavy atom. The van der Waals surface area contributed by atoms with Crippen LogP contribution in [-0.2, 0) is 36.8 Å². The largest absolute Gasteiger partial charge is 0.469 e. The number of methoxy groups -OCH3 is 1. The third-order valence-corrected chi connectivity index (χ3v) is 26.1. The highest BCUT2D eigenvalue weighted by molar-refractivity contribution is 6.01. The topological polar surface area (TPSA) is 329 Å². The lowest BCUT2D eigenvalue weighted by Crippen LogP contribution is -2.11. The van der Waals surface area contributed by atoms with E-state index in [2.05, 4.69) is 158 Å². The number of Topliss-reactive ketones (excluding diaryl/α,β-unsaturated/α-hetero) is 1. The molecule has 16 aromatic heterocycles. The minimum absolute atomic E-state index is 0.000143. The zero-order valence-corrected chi connectivity index (χ0v) is 81.4. The number of fused-ring (bicyclic) bond motifs is 4. The monoisotopic (exact) mass is 1870 g/mol. The number of ether oxygens (including phenoxy) is 1. The normalized spacial score (nSPS) is 12.7. The number of pyridine rings is 8. The first-order valence-corrected chi connectivity index (χ1v) is 47.3. The van der Waals surface area contributed by atoms with E-state index < -0.39 is 0 Å². The van der Waals surface area contributed by atoms with Gasteiger partial charge in [0, 0.05) is 172 Å². The fraction of sp³-hybridized carbons (Fsp3) is 0.228. The van der Waals surface area contributed by atoms with Crippen molar-refractivity contribution in [2.24, 2.45) is 5.92 Å². The van der Waals surface area contributed by atoms with Gasteiger partial charge >= 0.3 is 5.97 Å². The van der Waals surface area contributed by atoms with E-state index in [4.69, 9.17) is 42.8 Å². The van der Waals surface area contributed by atoms with Crippen LogP contribution in [0.15, 0.2) is 287 Å². The molecule has 1 aliphatic carbocycles. The second-order valence-electron chi connectivity index (χ2n) is 36.0. The fourth-order valence-electron chi connectivity index (χ4n) is 18.5. The van der Waals surface area contributed by atoms with Crippen LogP contribution in [0.25, 0.3) is 133 Å². The summed E-state index contributed by atoms with van der Waals surface area (Å²) < 4.78 is 35.3. The van der Waals surface area contributed by atoms with Crippen LogP contribution in [0.4, 0.5) is 11.4 Å². The first-order chi connectivity index (χ1) is 68.3. The molecular formula is C114H108N18O9. The Morgan fingerprint density at radius 3 is 0.879 bits per heavy atom. The maximum absolute atomic E-state index is 12.2. The Balaban J connectivity index is 0.000000124. The number of carbonyl (C=O) groups is 4. The van der Waals surface area contributed by atoms with E-state index in [-0.39, 0.29) is 54.2 Å². The lowest BCUT2D eigenvalue weighted by Gasteiger charge is -2.15. The van der Waals surface area contributed by atoms with E-state index >= 15 is 0 Å². The molecule has 21 rings (SSSR count). The summed E-state index contributed by atoms with van der Waals surface area (Å²) in [6.07, 6.45) is 27.4. The van der Waals surface area contributed by atoms with Crippen LogP contribution in [0.2, 0.25) is 0 Å². The Labute approximate surface area is 815 Å². The van der Waals surface area contributed by atoms with Gasteiger partial charge in [0.15, 0.2) is 0 Å². The van der Waals surface area contributed by atoms with Gasteiger partial charge in [-0.3, -0.25) is 59.0 Å². The molecule has 0 bridgehead atoms. The summed E-state index contributed by atoms with van der Waals surface area (Å²) >= 11 is 0. The van der Waals surface area contributed by atoms with Crippen LogP contribution in [0.5, 0.6) is 0 Å². The third kappa shape index (κ3) is 20.3. The molecule has 0 saturated heterocycles. The summed E-state index contributed by atoms with van der Waals surface area (Å²) in [5.41, 5.74) is 34.3. The maximum Gasteiger partial charge on any atom is 0.309 e. The van der Waals surface area contributed by atoms with E-state index in [0.29, 0.717) is 25.2 Å². The molecule has 141 heavy (non-hydrogen) atoms. The van der Waals surface area contributed by atoms with Gasteiger partial charge in [-0.2, -0.15) is 0 Å². The average molecular weight is 1870 g/mol. The number of nitrogens with zero attached hydrogens (tertiary/aromatic N) is 16. The average Bonchev–Trinajstić information content (AvgIpc) is 1.62. The zero-order valence-electron chi connectivity index (χ0n) is 81.4. The molecule has 0 spiro atoms. The van der Waals surface area contributed by atoms with E-state index in [1.54, 1.807) is 6.92 Å². The SMILES string of the molecule is CC(=O)Cc1ccc(-c2cn([C@@H](C)c3ccccn3)c3cc(-c4c(C)noc4C)cnc23)cc1.CCC(=O)Nc1ccc(-c2cn([C@@H](C)c3ccccn3)c3cc(-c4c(C)noc4C)cnc23)cc1.COC(=O)Cc1ccc(-c2cn([C@@H](C)c3ccccn3)c3cc(-c4c(C)noc4C)cnc23)cc1.Cc1noc(C)c1-c1cnc2c(-c3ccc(NC(=O)CC4CC4)cc3)cn([C@@H](C)c3ccccn3)c2c1. The van der Waals surface area contributed by atoms with Crippen LogP contribution in [0.1, 0.15) is 171 Å². The summed E-state index contributed by atoms with van der Waals surface area (Å²) in [5, 5.41) is 22.4. The molecule has 4 atom stereocenters. The quantitative estimate of drug-likeness (QED) is 0.0502. The highest BCUT2D eigenvalue weighted by Gasteiger charge is 2.29. The van der Waals surface area contributed by atoms with Crippen molar-refractivity contribution in [1.82, 2.24) is 78.8 Å². The summed E-state index contributed by atoms with van der Waals surface area (Å²) in [6.45, 7) is 27.4. The van der Waals surface area contributed by atoms with Crippen molar-refractivity contribution in [1.29, 1.82) is 0 Å². The Kier molecular flexibility index (Phi) is 27.6. The fourth-order valence-corrected chi connectivity index (χ4v) is 18.5. The molecule has 0 aliphatic heterocycles. The second kappa shape index (κ2) is 41.2. The van der Waals surface area contributed by atoms with Gasteiger partial charge in [0.25, 0.3) is 0 Å². The van der Waals surface area contributed by atoms with Gasteiger partial charge in [-0.05, 0) is 239 Å². The van der Waals surface area contributed by atoms with Gasteiger partial charge in [0.2, 0.25) is 11.8 Å². The van der Waals surface area contributed by atoms with Gasteiger partial charge in [-0.1, -0.05) is 125 Å².